The normalized spacial score (nSPS) is 12.2. The predicted molar refractivity (Wildman–Crippen MR) is 108 cm³/mol. The molecule has 1 aromatic carbocycles. The Labute approximate surface area is 160 Å². The van der Waals surface area contributed by atoms with Crippen molar-refractivity contribution in [1.29, 1.82) is 0 Å². The summed E-state index contributed by atoms with van der Waals surface area (Å²) < 4.78 is 2.31. The predicted octanol–water partition coefficient (Wildman–Crippen LogP) is 3.51. The number of carbonyl (C=O) groups excluding carboxylic acids is 1. The van der Waals surface area contributed by atoms with Crippen molar-refractivity contribution in [3.05, 3.63) is 57.7 Å². The highest BCUT2D eigenvalue weighted by Gasteiger charge is 2.15. The molecule has 3 rings (SSSR count). The van der Waals surface area contributed by atoms with Crippen LogP contribution in [0.15, 0.2) is 51.7 Å². The van der Waals surface area contributed by atoms with Gasteiger partial charge in [0.05, 0.1) is 17.8 Å². The first-order valence-corrected chi connectivity index (χ1v) is 10.4. The van der Waals surface area contributed by atoms with Crippen molar-refractivity contribution >= 4 is 39.2 Å². The zero-order valence-electron chi connectivity index (χ0n) is 14.8. The highest BCUT2D eigenvalue weighted by molar-refractivity contribution is 7.99. The first-order valence-electron chi connectivity index (χ1n) is 8.52. The van der Waals surface area contributed by atoms with Crippen LogP contribution in [0, 0.1) is 0 Å². The molecule has 0 unspecified atom stereocenters. The second-order valence-corrected chi connectivity index (χ2v) is 7.93. The lowest BCUT2D eigenvalue weighted by molar-refractivity contribution is -0.119. The number of nitrogens with zero attached hydrogens (tertiary/aromatic N) is 2. The molecular weight excluding hydrogens is 366 g/mol. The Balaban J connectivity index is 1.88. The van der Waals surface area contributed by atoms with E-state index >= 15 is 0 Å². The van der Waals surface area contributed by atoms with Crippen LogP contribution in [-0.2, 0) is 11.3 Å². The number of aromatic nitrogens is 2. The van der Waals surface area contributed by atoms with Gasteiger partial charge in [-0.2, -0.15) is 0 Å². The van der Waals surface area contributed by atoms with Gasteiger partial charge < -0.3 is 5.32 Å². The molecule has 7 heteroatoms. The summed E-state index contributed by atoms with van der Waals surface area (Å²) in [5.74, 6) is 0.191. The van der Waals surface area contributed by atoms with E-state index in [4.69, 9.17) is 0 Å². The van der Waals surface area contributed by atoms with E-state index in [1.807, 2.05) is 55.6 Å². The van der Waals surface area contributed by atoms with Gasteiger partial charge in [-0.05, 0) is 30.4 Å². The van der Waals surface area contributed by atoms with Crippen molar-refractivity contribution in [2.24, 2.45) is 0 Å². The molecule has 2 heterocycles. The molecule has 1 amide bonds. The van der Waals surface area contributed by atoms with Crippen LogP contribution in [0.1, 0.15) is 25.8 Å². The van der Waals surface area contributed by atoms with E-state index in [-0.39, 0.29) is 23.3 Å². The molecule has 0 saturated heterocycles. The fourth-order valence-corrected chi connectivity index (χ4v) is 4.08. The Hall–Kier alpha value is -2.12. The molecule has 0 aliphatic rings. The van der Waals surface area contributed by atoms with E-state index in [2.05, 4.69) is 10.3 Å². The maximum atomic E-state index is 12.9. The van der Waals surface area contributed by atoms with E-state index in [0.717, 1.165) is 12.0 Å². The number of carbonyl (C=O) groups is 1. The number of thiophene rings is 1. The van der Waals surface area contributed by atoms with Gasteiger partial charge in [-0.15, -0.1) is 11.3 Å². The Bertz CT molecular complexity index is 950. The summed E-state index contributed by atoms with van der Waals surface area (Å²) in [5.41, 5.74) is 1.66. The molecular formula is C19H21N3O2S2. The van der Waals surface area contributed by atoms with E-state index in [1.54, 1.807) is 4.57 Å². The van der Waals surface area contributed by atoms with Gasteiger partial charge in [-0.3, -0.25) is 14.2 Å². The molecule has 136 valence electrons. The second kappa shape index (κ2) is 8.51. The number of hydrogen-bond acceptors (Lipinski definition) is 5. The molecule has 1 N–H and O–H groups in total. The molecule has 5 nitrogen and oxygen atoms in total. The Morgan fingerprint density at radius 2 is 2.08 bits per heavy atom. The van der Waals surface area contributed by atoms with Crippen molar-refractivity contribution in [2.75, 3.05) is 5.75 Å². The van der Waals surface area contributed by atoms with Crippen molar-refractivity contribution in [3.63, 3.8) is 0 Å². The first-order chi connectivity index (χ1) is 12.6. The van der Waals surface area contributed by atoms with Gasteiger partial charge >= 0.3 is 0 Å². The molecule has 1 atom stereocenters. The van der Waals surface area contributed by atoms with Crippen LogP contribution in [0.25, 0.3) is 10.2 Å². The maximum Gasteiger partial charge on any atom is 0.272 e. The monoisotopic (exact) mass is 387 g/mol. The number of amides is 1. The number of rotatable bonds is 7. The topological polar surface area (TPSA) is 64.0 Å². The summed E-state index contributed by atoms with van der Waals surface area (Å²) in [7, 11) is 0. The van der Waals surface area contributed by atoms with Gasteiger partial charge in [0.25, 0.3) is 5.56 Å². The third-order valence-corrected chi connectivity index (χ3v) is 5.93. The molecule has 2 aromatic heterocycles. The third-order valence-electron chi connectivity index (χ3n) is 4.07. The minimum atomic E-state index is -0.0568. The molecule has 0 bridgehead atoms. The van der Waals surface area contributed by atoms with Crippen molar-refractivity contribution in [3.8, 4) is 0 Å². The Morgan fingerprint density at radius 1 is 1.31 bits per heavy atom. The molecule has 0 aliphatic heterocycles. The largest absolute Gasteiger partial charge is 0.353 e. The highest BCUT2D eigenvalue weighted by Crippen LogP contribution is 2.21. The Morgan fingerprint density at radius 3 is 2.81 bits per heavy atom. The summed E-state index contributed by atoms with van der Waals surface area (Å²) in [6.07, 6.45) is 0.883. The quantitative estimate of drug-likeness (QED) is 0.498. The summed E-state index contributed by atoms with van der Waals surface area (Å²) in [6.45, 7) is 4.45. The van der Waals surface area contributed by atoms with E-state index in [1.165, 1.54) is 23.1 Å². The van der Waals surface area contributed by atoms with Gasteiger partial charge in [-0.25, -0.2) is 4.98 Å². The summed E-state index contributed by atoms with van der Waals surface area (Å²) in [6, 6.07) is 11.8. The SMILES string of the molecule is CC[C@H](C)NC(=O)CSc1nc2ccsc2c(=O)n1Cc1ccccc1. The van der Waals surface area contributed by atoms with Gasteiger partial charge in [0.15, 0.2) is 5.16 Å². The maximum absolute atomic E-state index is 12.9. The number of fused-ring (bicyclic) bond motifs is 1. The average molecular weight is 388 g/mol. The van der Waals surface area contributed by atoms with Crippen LogP contribution in [0.2, 0.25) is 0 Å². The third kappa shape index (κ3) is 4.34. The molecule has 0 saturated carbocycles. The van der Waals surface area contributed by atoms with Crippen molar-refractivity contribution in [1.82, 2.24) is 14.9 Å². The van der Waals surface area contributed by atoms with Crippen LogP contribution < -0.4 is 10.9 Å². The van der Waals surface area contributed by atoms with Crippen LogP contribution in [-0.4, -0.2) is 27.3 Å². The van der Waals surface area contributed by atoms with Gasteiger partial charge in [-0.1, -0.05) is 49.0 Å². The molecule has 3 aromatic rings. The fourth-order valence-electron chi connectivity index (χ4n) is 2.49. The fraction of sp³-hybridized carbons (Fsp3) is 0.316. The van der Waals surface area contributed by atoms with Crippen LogP contribution in [0.3, 0.4) is 0 Å². The summed E-state index contributed by atoms with van der Waals surface area (Å²) >= 11 is 2.70. The smallest absolute Gasteiger partial charge is 0.272 e. The number of benzene rings is 1. The van der Waals surface area contributed by atoms with Gasteiger partial charge in [0.1, 0.15) is 4.70 Å². The minimum absolute atomic E-state index is 0.0460. The highest BCUT2D eigenvalue weighted by atomic mass is 32.2. The number of hydrogen-bond donors (Lipinski definition) is 1. The molecule has 0 radical (unpaired) electrons. The summed E-state index contributed by atoms with van der Waals surface area (Å²) in [4.78, 5) is 29.6. The van der Waals surface area contributed by atoms with Crippen LogP contribution >= 0.6 is 23.1 Å². The van der Waals surface area contributed by atoms with Crippen LogP contribution in [0.4, 0.5) is 0 Å². The lowest BCUT2D eigenvalue weighted by Crippen LogP contribution is -2.33. The lowest BCUT2D eigenvalue weighted by Gasteiger charge is -2.13. The Kier molecular flexibility index (Phi) is 6.11. The van der Waals surface area contributed by atoms with Gasteiger partial charge in [0, 0.05) is 6.04 Å². The lowest BCUT2D eigenvalue weighted by atomic mass is 10.2. The van der Waals surface area contributed by atoms with E-state index in [9.17, 15) is 9.59 Å². The average Bonchev–Trinajstić information content (AvgIpc) is 3.12. The van der Waals surface area contributed by atoms with Crippen molar-refractivity contribution < 1.29 is 4.79 Å². The second-order valence-electron chi connectivity index (χ2n) is 6.07. The molecule has 0 fully saturated rings. The number of thioether (sulfide) groups is 1. The minimum Gasteiger partial charge on any atom is -0.353 e. The van der Waals surface area contributed by atoms with E-state index in [0.29, 0.717) is 21.9 Å². The van der Waals surface area contributed by atoms with Crippen LogP contribution in [0.5, 0.6) is 0 Å². The van der Waals surface area contributed by atoms with Crippen molar-refractivity contribution in [2.45, 2.75) is 38.0 Å². The van der Waals surface area contributed by atoms with E-state index < -0.39 is 0 Å². The zero-order chi connectivity index (χ0) is 18.5. The molecule has 26 heavy (non-hydrogen) atoms. The molecule has 0 aliphatic carbocycles. The summed E-state index contributed by atoms with van der Waals surface area (Å²) in [5, 5.41) is 5.39. The zero-order valence-corrected chi connectivity index (χ0v) is 16.4. The number of nitrogens with one attached hydrogen (secondary N) is 1. The standard InChI is InChI=1S/C19H21N3O2S2/c1-3-13(2)20-16(23)12-26-19-21-15-9-10-25-17(15)18(24)22(19)11-14-7-5-4-6-8-14/h4-10,13H,3,11-12H2,1-2H3,(H,20,23)/t13-/m0/s1. The first kappa shape index (κ1) is 18.7. The molecule has 0 spiro atoms. The van der Waals surface area contributed by atoms with Gasteiger partial charge in [0.2, 0.25) is 5.91 Å².